The summed E-state index contributed by atoms with van der Waals surface area (Å²) in [6, 6.07) is 0.487. The van der Waals surface area contributed by atoms with Crippen LogP contribution in [0.4, 0.5) is 0 Å². The van der Waals surface area contributed by atoms with Gasteiger partial charge in [-0.1, -0.05) is 0 Å². The first-order chi connectivity index (χ1) is 7.69. The number of carbonyl (C=O) groups excluding carboxylic acids is 1. The van der Waals surface area contributed by atoms with Gasteiger partial charge in [0.1, 0.15) is 0 Å². The molecular weight excluding hydrogens is 204 g/mol. The molecule has 2 bridgehead atoms. The van der Waals surface area contributed by atoms with E-state index in [1.54, 1.807) is 0 Å². The summed E-state index contributed by atoms with van der Waals surface area (Å²) in [7, 11) is 0. The fourth-order valence-electron chi connectivity index (χ4n) is 3.41. The lowest BCUT2D eigenvalue weighted by atomic mass is 9.89. The van der Waals surface area contributed by atoms with Gasteiger partial charge in [-0.15, -0.1) is 0 Å². The number of nitrogens with two attached hydrogens (primary N) is 1. The van der Waals surface area contributed by atoms with Crippen molar-refractivity contribution < 1.29 is 9.53 Å². The molecule has 0 aromatic heterocycles. The van der Waals surface area contributed by atoms with Crippen molar-refractivity contribution in [3.05, 3.63) is 0 Å². The van der Waals surface area contributed by atoms with E-state index in [1.807, 2.05) is 0 Å². The van der Waals surface area contributed by atoms with Crippen LogP contribution in [0.3, 0.4) is 0 Å². The molecule has 2 aliphatic heterocycles. The lowest BCUT2D eigenvalue weighted by Gasteiger charge is -2.38. The van der Waals surface area contributed by atoms with Crippen molar-refractivity contribution in [2.45, 2.75) is 43.7 Å². The number of hydrogen-bond acceptors (Lipinski definition) is 3. The Kier molecular flexibility index (Phi) is 2.44. The van der Waals surface area contributed by atoms with E-state index >= 15 is 0 Å². The van der Waals surface area contributed by atoms with Gasteiger partial charge in [-0.3, -0.25) is 4.79 Å². The molecule has 16 heavy (non-hydrogen) atoms. The predicted molar refractivity (Wildman–Crippen MR) is 59.8 cm³/mol. The number of amides is 1. The summed E-state index contributed by atoms with van der Waals surface area (Å²) in [5.74, 6) is 0.931. The maximum absolute atomic E-state index is 12.5. The van der Waals surface area contributed by atoms with Crippen molar-refractivity contribution in [1.29, 1.82) is 0 Å². The third-order valence-corrected chi connectivity index (χ3v) is 4.48. The lowest BCUT2D eigenvalue weighted by Crippen LogP contribution is -2.59. The average Bonchev–Trinajstić information content (AvgIpc) is 2.90. The van der Waals surface area contributed by atoms with Crippen LogP contribution in [0.1, 0.15) is 32.1 Å². The van der Waals surface area contributed by atoms with Gasteiger partial charge in [0.15, 0.2) is 0 Å². The standard InChI is InChI=1S/C12H20N2O2/c13-12(3-5-16-6-4-12)11(15)14-8-9-1-2-10(14)7-9/h9-10H,1-8,13H2. The molecule has 2 unspecified atom stereocenters. The quantitative estimate of drug-likeness (QED) is 0.706. The lowest BCUT2D eigenvalue weighted by molar-refractivity contribution is -0.142. The van der Waals surface area contributed by atoms with Crippen LogP contribution < -0.4 is 5.73 Å². The topological polar surface area (TPSA) is 55.6 Å². The van der Waals surface area contributed by atoms with Gasteiger partial charge >= 0.3 is 0 Å². The Balaban J connectivity index is 1.72. The maximum Gasteiger partial charge on any atom is 0.243 e. The molecule has 1 saturated carbocycles. The third kappa shape index (κ3) is 1.55. The molecule has 4 nitrogen and oxygen atoms in total. The molecule has 2 N–H and O–H groups in total. The Labute approximate surface area is 96.1 Å². The van der Waals surface area contributed by atoms with Crippen LogP contribution in [-0.2, 0) is 9.53 Å². The second-order valence-electron chi connectivity index (χ2n) is 5.56. The van der Waals surface area contributed by atoms with Crippen LogP contribution in [-0.4, -0.2) is 42.1 Å². The van der Waals surface area contributed by atoms with Crippen molar-refractivity contribution in [3.8, 4) is 0 Å². The Hall–Kier alpha value is -0.610. The Morgan fingerprint density at radius 2 is 2.06 bits per heavy atom. The zero-order chi connectivity index (χ0) is 11.2. The normalized spacial score (nSPS) is 36.7. The van der Waals surface area contributed by atoms with Gasteiger partial charge in [0.2, 0.25) is 5.91 Å². The molecule has 3 aliphatic rings. The van der Waals surface area contributed by atoms with E-state index in [9.17, 15) is 4.79 Å². The van der Waals surface area contributed by atoms with Crippen molar-refractivity contribution in [3.63, 3.8) is 0 Å². The second kappa shape index (κ2) is 3.70. The SMILES string of the molecule is NC1(C(=O)N2CC3CCC2C3)CCOCC1. The van der Waals surface area contributed by atoms with Crippen LogP contribution in [0.25, 0.3) is 0 Å². The van der Waals surface area contributed by atoms with Gasteiger partial charge < -0.3 is 15.4 Å². The molecule has 0 aromatic carbocycles. The highest BCUT2D eigenvalue weighted by Crippen LogP contribution is 2.39. The first-order valence-corrected chi connectivity index (χ1v) is 6.37. The highest BCUT2D eigenvalue weighted by molar-refractivity contribution is 5.87. The minimum absolute atomic E-state index is 0.183. The number of carbonyl (C=O) groups is 1. The minimum atomic E-state index is -0.636. The molecule has 2 heterocycles. The monoisotopic (exact) mass is 224 g/mol. The second-order valence-corrected chi connectivity index (χ2v) is 5.56. The number of nitrogens with zero attached hydrogens (tertiary/aromatic N) is 1. The van der Waals surface area contributed by atoms with Crippen LogP contribution in [0.5, 0.6) is 0 Å². The van der Waals surface area contributed by atoms with Gasteiger partial charge in [-0.25, -0.2) is 0 Å². The van der Waals surface area contributed by atoms with Gasteiger partial charge in [0, 0.05) is 25.8 Å². The molecule has 2 atom stereocenters. The van der Waals surface area contributed by atoms with Crippen LogP contribution in [0.2, 0.25) is 0 Å². The average molecular weight is 224 g/mol. The van der Waals surface area contributed by atoms with E-state index in [2.05, 4.69) is 4.90 Å². The summed E-state index contributed by atoms with van der Waals surface area (Å²) in [5.41, 5.74) is 5.61. The molecule has 3 fully saturated rings. The Bertz CT molecular complexity index is 299. The maximum atomic E-state index is 12.5. The molecule has 0 radical (unpaired) electrons. The van der Waals surface area contributed by atoms with Crippen molar-refractivity contribution in [2.75, 3.05) is 19.8 Å². The van der Waals surface area contributed by atoms with Gasteiger partial charge in [0.05, 0.1) is 5.54 Å². The first kappa shape index (κ1) is 10.5. The van der Waals surface area contributed by atoms with E-state index in [1.165, 1.54) is 19.3 Å². The number of likely N-dealkylation sites (tertiary alicyclic amines) is 1. The highest BCUT2D eigenvalue weighted by atomic mass is 16.5. The predicted octanol–water partition coefficient (Wildman–Crippen LogP) is 0.505. The van der Waals surface area contributed by atoms with E-state index in [0.717, 1.165) is 12.5 Å². The molecule has 4 heteroatoms. The van der Waals surface area contributed by atoms with Crippen LogP contribution in [0, 0.1) is 5.92 Å². The molecule has 3 rings (SSSR count). The van der Waals surface area contributed by atoms with E-state index in [0.29, 0.717) is 32.1 Å². The van der Waals surface area contributed by atoms with Gasteiger partial charge in [0.25, 0.3) is 0 Å². The number of piperidine rings is 1. The fourth-order valence-corrected chi connectivity index (χ4v) is 3.41. The summed E-state index contributed by atoms with van der Waals surface area (Å²) in [6.45, 7) is 2.21. The van der Waals surface area contributed by atoms with Crippen LogP contribution >= 0.6 is 0 Å². The highest BCUT2D eigenvalue weighted by Gasteiger charge is 2.46. The molecule has 2 saturated heterocycles. The van der Waals surface area contributed by atoms with E-state index in [-0.39, 0.29) is 5.91 Å². The van der Waals surface area contributed by atoms with Crippen LogP contribution in [0.15, 0.2) is 0 Å². The third-order valence-electron chi connectivity index (χ3n) is 4.48. The van der Waals surface area contributed by atoms with E-state index < -0.39 is 5.54 Å². The number of ether oxygens (including phenoxy) is 1. The molecule has 1 aliphatic carbocycles. The fraction of sp³-hybridized carbons (Fsp3) is 0.917. The molecule has 1 amide bonds. The molecule has 0 aromatic rings. The molecular formula is C12H20N2O2. The summed E-state index contributed by atoms with van der Waals surface area (Å²) in [4.78, 5) is 14.5. The zero-order valence-corrected chi connectivity index (χ0v) is 9.65. The Morgan fingerprint density at radius 1 is 1.31 bits per heavy atom. The first-order valence-electron chi connectivity index (χ1n) is 6.37. The smallest absolute Gasteiger partial charge is 0.243 e. The molecule has 90 valence electrons. The van der Waals surface area contributed by atoms with Gasteiger partial charge in [-0.05, 0) is 38.0 Å². The van der Waals surface area contributed by atoms with Gasteiger partial charge in [-0.2, -0.15) is 0 Å². The number of rotatable bonds is 1. The molecule has 0 spiro atoms. The van der Waals surface area contributed by atoms with Crippen molar-refractivity contribution in [2.24, 2.45) is 11.7 Å². The zero-order valence-electron chi connectivity index (χ0n) is 9.65. The number of fused-ring (bicyclic) bond motifs is 2. The summed E-state index contributed by atoms with van der Waals surface area (Å²) < 4.78 is 5.29. The number of hydrogen-bond donors (Lipinski definition) is 1. The van der Waals surface area contributed by atoms with Crippen molar-refractivity contribution >= 4 is 5.91 Å². The van der Waals surface area contributed by atoms with E-state index in [4.69, 9.17) is 10.5 Å². The van der Waals surface area contributed by atoms with Crippen molar-refractivity contribution in [1.82, 2.24) is 4.90 Å². The summed E-state index contributed by atoms with van der Waals surface area (Å²) >= 11 is 0. The summed E-state index contributed by atoms with van der Waals surface area (Å²) in [6.07, 6.45) is 5.05. The summed E-state index contributed by atoms with van der Waals surface area (Å²) in [5, 5.41) is 0. The minimum Gasteiger partial charge on any atom is -0.381 e. The largest absolute Gasteiger partial charge is 0.381 e. The Morgan fingerprint density at radius 3 is 2.62 bits per heavy atom.